The molecular weight excluding hydrogens is 418 g/mol. The van der Waals surface area contributed by atoms with Gasteiger partial charge in [0.25, 0.3) is 0 Å². The molecular formula is C26H23N3O2S. The molecule has 1 amide bonds. The first-order valence-corrected chi connectivity index (χ1v) is 11.6. The van der Waals surface area contributed by atoms with E-state index in [-0.39, 0.29) is 11.9 Å². The number of carbonyl (C=O) groups excluding carboxylic acids is 1. The van der Waals surface area contributed by atoms with Crippen LogP contribution in [-0.2, 0) is 11.2 Å². The van der Waals surface area contributed by atoms with Gasteiger partial charge in [-0.05, 0) is 43.2 Å². The third-order valence-electron chi connectivity index (χ3n) is 5.71. The van der Waals surface area contributed by atoms with Crippen molar-refractivity contribution in [3.63, 3.8) is 0 Å². The van der Waals surface area contributed by atoms with Crippen molar-refractivity contribution in [2.75, 3.05) is 17.8 Å². The summed E-state index contributed by atoms with van der Waals surface area (Å²) in [6, 6.07) is 24.0. The van der Waals surface area contributed by atoms with E-state index < -0.39 is 0 Å². The van der Waals surface area contributed by atoms with E-state index in [1.807, 2.05) is 71.6 Å². The maximum Gasteiger partial charge on any atom is 0.237 e. The Morgan fingerprint density at radius 1 is 1.06 bits per heavy atom. The average Bonchev–Trinajstić information content (AvgIpc) is 3.18. The van der Waals surface area contributed by atoms with Gasteiger partial charge in [0, 0.05) is 22.7 Å². The lowest BCUT2D eigenvalue weighted by molar-refractivity contribution is -0.116. The molecule has 2 heterocycles. The zero-order valence-electron chi connectivity index (χ0n) is 18.0. The summed E-state index contributed by atoms with van der Waals surface area (Å²) < 4.78 is 5.41. The van der Waals surface area contributed by atoms with Crippen LogP contribution >= 0.6 is 11.8 Å². The predicted molar refractivity (Wildman–Crippen MR) is 129 cm³/mol. The van der Waals surface area contributed by atoms with Gasteiger partial charge in [0.05, 0.1) is 18.4 Å². The summed E-state index contributed by atoms with van der Waals surface area (Å²) in [5.74, 6) is 1.78. The van der Waals surface area contributed by atoms with Crippen LogP contribution in [-0.4, -0.2) is 34.8 Å². The molecule has 1 aliphatic rings. The summed E-state index contributed by atoms with van der Waals surface area (Å²) in [5, 5.41) is 1.66. The van der Waals surface area contributed by atoms with Crippen LogP contribution in [0.4, 0.5) is 5.69 Å². The number of hydrogen-bond acceptors (Lipinski definition) is 5. The zero-order chi connectivity index (χ0) is 22.1. The van der Waals surface area contributed by atoms with E-state index in [9.17, 15) is 4.79 Å². The van der Waals surface area contributed by atoms with Gasteiger partial charge in [-0.3, -0.25) is 4.79 Å². The number of methoxy groups -OCH3 is 1. The van der Waals surface area contributed by atoms with E-state index >= 15 is 0 Å². The second-order valence-corrected chi connectivity index (χ2v) is 8.80. The van der Waals surface area contributed by atoms with Crippen molar-refractivity contribution in [2.24, 2.45) is 0 Å². The molecule has 1 atom stereocenters. The van der Waals surface area contributed by atoms with Gasteiger partial charge >= 0.3 is 0 Å². The molecule has 4 aromatic rings. The molecule has 0 saturated carbocycles. The van der Waals surface area contributed by atoms with Crippen LogP contribution in [0.2, 0.25) is 0 Å². The van der Waals surface area contributed by atoms with Gasteiger partial charge in [-0.15, -0.1) is 0 Å². The molecule has 0 bridgehead atoms. The minimum Gasteiger partial charge on any atom is -0.497 e. The molecule has 1 aromatic heterocycles. The highest BCUT2D eigenvalue weighted by Crippen LogP contribution is 2.34. The van der Waals surface area contributed by atoms with Crippen LogP contribution in [0.3, 0.4) is 0 Å². The molecule has 3 aromatic carbocycles. The lowest BCUT2D eigenvalue weighted by atomic mass is 10.1. The summed E-state index contributed by atoms with van der Waals surface area (Å²) in [5.41, 5.74) is 4.02. The standard InChI is InChI=1S/C26H23N3O2S/c1-17-14-19-10-6-7-11-23(19)29(17)24(30)16-32-26-21-15-20(31-2)12-13-22(21)27-25(28-26)18-8-4-3-5-9-18/h3-13,15,17H,14,16H2,1-2H3/t17-/m0/s1. The first-order chi connectivity index (χ1) is 15.6. The van der Waals surface area contributed by atoms with E-state index in [1.165, 1.54) is 17.3 Å². The number of anilines is 1. The van der Waals surface area contributed by atoms with Crippen LogP contribution in [0.1, 0.15) is 12.5 Å². The number of aromatic nitrogens is 2. The number of fused-ring (bicyclic) bond motifs is 2. The number of carbonyl (C=O) groups is 1. The van der Waals surface area contributed by atoms with Crippen molar-refractivity contribution < 1.29 is 9.53 Å². The number of hydrogen-bond donors (Lipinski definition) is 0. The minimum absolute atomic E-state index is 0.0865. The van der Waals surface area contributed by atoms with Gasteiger partial charge in [0.15, 0.2) is 5.82 Å². The minimum atomic E-state index is 0.0865. The van der Waals surface area contributed by atoms with Crippen molar-refractivity contribution in [3.05, 3.63) is 78.4 Å². The van der Waals surface area contributed by atoms with Crippen LogP contribution in [0.25, 0.3) is 22.3 Å². The van der Waals surface area contributed by atoms with Gasteiger partial charge in [0.2, 0.25) is 5.91 Å². The van der Waals surface area contributed by atoms with E-state index in [0.29, 0.717) is 11.6 Å². The first-order valence-electron chi connectivity index (χ1n) is 10.6. The Bertz CT molecular complexity index is 1290. The molecule has 0 aliphatic carbocycles. The Labute approximate surface area is 191 Å². The Morgan fingerprint density at radius 3 is 2.66 bits per heavy atom. The third-order valence-corrected chi connectivity index (χ3v) is 6.68. The number of nitrogens with zero attached hydrogens (tertiary/aromatic N) is 3. The van der Waals surface area contributed by atoms with Crippen LogP contribution in [0.5, 0.6) is 5.75 Å². The van der Waals surface area contributed by atoms with E-state index in [0.717, 1.165) is 39.4 Å². The molecule has 0 spiro atoms. The maximum atomic E-state index is 13.2. The van der Waals surface area contributed by atoms with Crippen LogP contribution in [0, 0.1) is 0 Å². The van der Waals surface area contributed by atoms with Crippen molar-refractivity contribution in [3.8, 4) is 17.1 Å². The predicted octanol–water partition coefficient (Wildman–Crippen LogP) is 5.38. The molecule has 5 rings (SSSR count). The molecule has 0 fully saturated rings. The fraction of sp³-hybridized carbons (Fsp3) is 0.192. The fourth-order valence-corrected chi connectivity index (χ4v) is 5.05. The van der Waals surface area contributed by atoms with Crippen LogP contribution in [0.15, 0.2) is 77.8 Å². The first kappa shape index (κ1) is 20.5. The monoisotopic (exact) mass is 441 g/mol. The lowest BCUT2D eigenvalue weighted by Gasteiger charge is -2.22. The topological polar surface area (TPSA) is 55.3 Å². The number of thioether (sulfide) groups is 1. The smallest absolute Gasteiger partial charge is 0.237 e. The molecule has 0 unspecified atom stereocenters. The molecule has 0 saturated heterocycles. The zero-order valence-corrected chi connectivity index (χ0v) is 18.8. The Kier molecular flexibility index (Phi) is 5.53. The Hall–Kier alpha value is -3.38. The lowest BCUT2D eigenvalue weighted by Crippen LogP contribution is -2.37. The van der Waals surface area contributed by atoms with Crippen molar-refractivity contribution in [2.45, 2.75) is 24.4 Å². The Balaban J connectivity index is 1.48. The largest absolute Gasteiger partial charge is 0.497 e. The molecule has 6 heteroatoms. The number of rotatable bonds is 5. The van der Waals surface area contributed by atoms with E-state index in [2.05, 4.69) is 13.0 Å². The highest BCUT2D eigenvalue weighted by Gasteiger charge is 2.30. The highest BCUT2D eigenvalue weighted by atomic mass is 32.2. The number of benzene rings is 3. The third kappa shape index (κ3) is 3.82. The van der Waals surface area contributed by atoms with E-state index in [4.69, 9.17) is 14.7 Å². The molecule has 0 N–H and O–H groups in total. The van der Waals surface area contributed by atoms with Gasteiger partial charge in [0.1, 0.15) is 10.8 Å². The second kappa shape index (κ2) is 8.63. The quantitative estimate of drug-likeness (QED) is 0.308. The van der Waals surface area contributed by atoms with Crippen molar-refractivity contribution in [1.29, 1.82) is 0 Å². The van der Waals surface area contributed by atoms with Gasteiger partial charge in [-0.25, -0.2) is 9.97 Å². The average molecular weight is 442 g/mol. The van der Waals surface area contributed by atoms with Crippen LogP contribution < -0.4 is 9.64 Å². The van der Waals surface area contributed by atoms with Gasteiger partial charge < -0.3 is 9.64 Å². The normalized spacial score (nSPS) is 15.1. The summed E-state index contributed by atoms with van der Waals surface area (Å²) in [7, 11) is 1.64. The summed E-state index contributed by atoms with van der Waals surface area (Å²) in [6.07, 6.45) is 0.887. The molecule has 160 valence electrons. The molecule has 32 heavy (non-hydrogen) atoms. The van der Waals surface area contributed by atoms with Crippen molar-refractivity contribution in [1.82, 2.24) is 9.97 Å². The molecule has 1 aliphatic heterocycles. The van der Waals surface area contributed by atoms with Gasteiger partial charge in [-0.1, -0.05) is 60.3 Å². The summed E-state index contributed by atoms with van der Waals surface area (Å²) >= 11 is 1.45. The highest BCUT2D eigenvalue weighted by molar-refractivity contribution is 8.00. The van der Waals surface area contributed by atoms with Gasteiger partial charge in [-0.2, -0.15) is 0 Å². The SMILES string of the molecule is COc1ccc2nc(-c3ccccc3)nc(SCC(=O)N3c4ccccc4C[C@@H]3C)c2c1. The number of ether oxygens (including phenoxy) is 1. The van der Waals surface area contributed by atoms with Crippen molar-refractivity contribution >= 4 is 34.3 Å². The number of para-hydroxylation sites is 1. The summed E-state index contributed by atoms with van der Waals surface area (Å²) in [6.45, 7) is 2.10. The van der Waals surface area contributed by atoms with E-state index in [1.54, 1.807) is 7.11 Å². The molecule has 0 radical (unpaired) electrons. The number of amides is 1. The summed E-state index contributed by atoms with van der Waals surface area (Å²) in [4.78, 5) is 24.8. The fourth-order valence-electron chi connectivity index (χ4n) is 4.18. The molecule has 5 nitrogen and oxygen atoms in total. The Morgan fingerprint density at radius 2 is 1.84 bits per heavy atom. The second-order valence-electron chi connectivity index (χ2n) is 7.84. The maximum absolute atomic E-state index is 13.2.